The second-order valence-electron chi connectivity index (χ2n) is 6.90. The first-order chi connectivity index (χ1) is 14.1. The highest BCUT2D eigenvalue weighted by atomic mass is 32.2. The highest BCUT2D eigenvalue weighted by molar-refractivity contribution is 7.99. The Labute approximate surface area is 178 Å². The lowest BCUT2D eigenvalue weighted by atomic mass is 10.1. The Bertz CT molecular complexity index is 1100. The molecule has 148 valence electrons. The normalized spacial score (nSPS) is 11.1. The molecule has 0 radical (unpaired) electrons. The van der Waals surface area contributed by atoms with Crippen molar-refractivity contribution in [3.8, 4) is 0 Å². The highest BCUT2D eigenvalue weighted by Gasteiger charge is 2.21. The summed E-state index contributed by atoms with van der Waals surface area (Å²) in [6.07, 6.45) is 2.07. The molecule has 0 N–H and O–H groups in total. The SMILES string of the molecule is Cc1cc(C)c2nc(N(Cc3ccco3)C(=O)CCSc3ccccc3)sc2c1. The summed E-state index contributed by atoms with van der Waals surface area (Å²) in [4.78, 5) is 20.8. The largest absolute Gasteiger partial charge is 0.467 e. The fourth-order valence-corrected chi connectivity index (χ4v) is 5.22. The third kappa shape index (κ3) is 4.71. The number of aromatic nitrogens is 1. The van der Waals surface area contributed by atoms with E-state index in [9.17, 15) is 4.79 Å². The van der Waals surface area contributed by atoms with Crippen molar-refractivity contribution >= 4 is 44.4 Å². The van der Waals surface area contributed by atoms with Gasteiger partial charge >= 0.3 is 0 Å². The van der Waals surface area contributed by atoms with E-state index in [1.165, 1.54) is 10.5 Å². The zero-order chi connectivity index (χ0) is 20.2. The fraction of sp³-hybridized carbons (Fsp3) is 0.217. The van der Waals surface area contributed by atoms with E-state index in [1.54, 1.807) is 34.3 Å². The van der Waals surface area contributed by atoms with Crippen molar-refractivity contribution in [2.45, 2.75) is 31.7 Å². The summed E-state index contributed by atoms with van der Waals surface area (Å²) in [5.74, 6) is 1.53. The van der Waals surface area contributed by atoms with Gasteiger partial charge in [0.1, 0.15) is 5.76 Å². The zero-order valence-electron chi connectivity index (χ0n) is 16.4. The number of rotatable bonds is 7. The van der Waals surface area contributed by atoms with Gasteiger partial charge in [-0.15, -0.1) is 11.8 Å². The number of amides is 1. The van der Waals surface area contributed by atoms with Crippen molar-refractivity contribution in [3.63, 3.8) is 0 Å². The van der Waals surface area contributed by atoms with E-state index in [4.69, 9.17) is 9.40 Å². The zero-order valence-corrected chi connectivity index (χ0v) is 18.1. The maximum atomic E-state index is 13.1. The summed E-state index contributed by atoms with van der Waals surface area (Å²) in [7, 11) is 0. The highest BCUT2D eigenvalue weighted by Crippen LogP contribution is 2.33. The minimum Gasteiger partial charge on any atom is -0.467 e. The molecule has 0 saturated heterocycles. The van der Waals surface area contributed by atoms with Gasteiger partial charge in [-0.3, -0.25) is 9.69 Å². The Morgan fingerprint density at radius 1 is 1.14 bits per heavy atom. The van der Waals surface area contributed by atoms with Gasteiger partial charge in [0.25, 0.3) is 0 Å². The number of fused-ring (bicyclic) bond motifs is 1. The van der Waals surface area contributed by atoms with Crippen LogP contribution >= 0.6 is 23.1 Å². The molecule has 4 rings (SSSR count). The van der Waals surface area contributed by atoms with E-state index in [2.05, 4.69) is 38.1 Å². The Morgan fingerprint density at radius 2 is 1.97 bits per heavy atom. The van der Waals surface area contributed by atoms with Gasteiger partial charge in [0, 0.05) is 17.1 Å². The van der Waals surface area contributed by atoms with Crippen LogP contribution in [0.5, 0.6) is 0 Å². The van der Waals surface area contributed by atoms with Gasteiger partial charge in [-0.2, -0.15) is 0 Å². The van der Waals surface area contributed by atoms with Crippen LogP contribution in [0.2, 0.25) is 0 Å². The number of thiazole rings is 1. The molecule has 2 aromatic carbocycles. The molecule has 1 amide bonds. The second-order valence-corrected chi connectivity index (χ2v) is 9.07. The first-order valence-corrected chi connectivity index (χ1v) is 11.3. The van der Waals surface area contributed by atoms with Crippen molar-refractivity contribution in [1.29, 1.82) is 0 Å². The van der Waals surface area contributed by atoms with Gasteiger partial charge in [0.15, 0.2) is 5.13 Å². The summed E-state index contributed by atoms with van der Waals surface area (Å²) in [5, 5.41) is 0.722. The average Bonchev–Trinajstić information content (AvgIpc) is 3.36. The van der Waals surface area contributed by atoms with Crippen LogP contribution in [-0.4, -0.2) is 16.6 Å². The predicted octanol–water partition coefficient (Wildman–Crippen LogP) is 6.22. The monoisotopic (exact) mass is 422 g/mol. The Balaban J connectivity index is 1.56. The number of nitrogens with zero attached hydrogens (tertiary/aromatic N) is 2. The lowest BCUT2D eigenvalue weighted by Crippen LogP contribution is -2.30. The number of furan rings is 1. The molecule has 0 saturated carbocycles. The average molecular weight is 423 g/mol. The number of hydrogen-bond donors (Lipinski definition) is 0. The van der Waals surface area contributed by atoms with Gasteiger partial charge in [-0.1, -0.05) is 35.6 Å². The van der Waals surface area contributed by atoms with E-state index >= 15 is 0 Å². The van der Waals surface area contributed by atoms with Gasteiger partial charge in [-0.25, -0.2) is 4.98 Å². The van der Waals surface area contributed by atoms with E-state index in [0.29, 0.717) is 13.0 Å². The number of anilines is 1. The number of hydrogen-bond acceptors (Lipinski definition) is 5. The number of aryl methyl sites for hydroxylation is 2. The van der Waals surface area contributed by atoms with Crippen LogP contribution in [0.3, 0.4) is 0 Å². The molecule has 6 heteroatoms. The summed E-state index contributed by atoms with van der Waals surface area (Å²) in [6.45, 7) is 4.53. The number of benzene rings is 2. The quantitative estimate of drug-likeness (QED) is 0.332. The molecule has 0 atom stereocenters. The molecule has 0 aliphatic heterocycles. The standard InChI is InChI=1S/C23H22N2O2S2/c1-16-13-17(2)22-20(14-16)29-23(24-22)25(15-18-7-6-11-27-18)21(26)10-12-28-19-8-4-3-5-9-19/h3-9,11,13-14H,10,12,15H2,1-2H3. The van der Waals surface area contributed by atoms with Crippen molar-refractivity contribution < 1.29 is 9.21 Å². The predicted molar refractivity (Wildman–Crippen MR) is 121 cm³/mol. The van der Waals surface area contributed by atoms with Crippen LogP contribution in [0.15, 0.2) is 70.2 Å². The molecule has 0 unspecified atom stereocenters. The van der Waals surface area contributed by atoms with Crippen LogP contribution in [0.4, 0.5) is 5.13 Å². The van der Waals surface area contributed by atoms with Gasteiger partial charge < -0.3 is 4.42 Å². The number of carbonyl (C=O) groups is 1. The third-order valence-electron chi connectivity index (χ3n) is 4.57. The van der Waals surface area contributed by atoms with E-state index in [-0.39, 0.29) is 5.91 Å². The molecule has 0 fully saturated rings. The molecular formula is C23H22N2O2S2. The smallest absolute Gasteiger partial charge is 0.230 e. The summed E-state index contributed by atoms with van der Waals surface area (Å²) in [5.41, 5.74) is 3.30. The van der Waals surface area contributed by atoms with Crippen molar-refractivity contribution in [2.24, 2.45) is 0 Å². The van der Waals surface area contributed by atoms with Gasteiger partial charge in [0.2, 0.25) is 5.91 Å². The first-order valence-electron chi connectivity index (χ1n) is 9.48. The van der Waals surface area contributed by atoms with Crippen LogP contribution in [0.1, 0.15) is 23.3 Å². The number of carbonyl (C=O) groups excluding carboxylic acids is 1. The Morgan fingerprint density at radius 3 is 2.72 bits per heavy atom. The van der Waals surface area contributed by atoms with Crippen molar-refractivity contribution in [2.75, 3.05) is 10.7 Å². The molecule has 0 aliphatic rings. The van der Waals surface area contributed by atoms with E-state index in [1.807, 2.05) is 30.3 Å². The lowest BCUT2D eigenvalue weighted by Gasteiger charge is -2.18. The summed E-state index contributed by atoms with van der Waals surface area (Å²) >= 11 is 3.25. The molecule has 0 bridgehead atoms. The van der Waals surface area contributed by atoms with Crippen molar-refractivity contribution in [1.82, 2.24) is 4.98 Å². The summed E-state index contributed by atoms with van der Waals surface area (Å²) in [6, 6.07) is 18.1. The molecule has 0 spiro atoms. The van der Waals surface area contributed by atoms with Gasteiger partial charge in [-0.05, 0) is 55.3 Å². The Kier molecular flexibility index (Phi) is 6.02. The lowest BCUT2D eigenvalue weighted by molar-refractivity contribution is -0.118. The first kappa shape index (κ1) is 19.7. The van der Waals surface area contributed by atoms with Crippen LogP contribution in [0.25, 0.3) is 10.2 Å². The molecular weight excluding hydrogens is 400 g/mol. The molecule has 2 heterocycles. The minimum absolute atomic E-state index is 0.0539. The maximum Gasteiger partial charge on any atom is 0.230 e. The Hall–Kier alpha value is -2.57. The van der Waals surface area contributed by atoms with E-state index < -0.39 is 0 Å². The van der Waals surface area contributed by atoms with Gasteiger partial charge in [0.05, 0.1) is 23.0 Å². The molecule has 2 aromatic heterocycles. The molecule has 0 aliphatic carbocycles. The second kappa shape index (κ2) is 8.84. The van der Waals surface area contributed by atoms with Crippen molar-refractivity contribution in [3.05, 3.63) is 77.7 Å². The minimum atomic E-state index is 0.0539. The van der Waals surface area contributed by atoms with Crippen LogP contribution in [0, 0.1) is 13.8 Å². The van der Waals surface area contributed by atoms with Crippen LogP contribution < -0.4 is 4.90 Å². The molecule has 4 aromatic rings. The van der Waals surface area contributed by atoms with Crippen LogP contribution in [-0.2, 0) is 11.3 Å². The fourth-order valence-electron chi connectivity index (χ4n) is 3.20. The maximum absolute atomic E-state index is 13.1. The molecule has 29 heavy (non-hydrogen) atoms. The summed E-state index contributed by atoms with van der Waals surface area (Å²) < 4.78 is 6.61. The third-order valence-corrected chi connectivity index (χ3v) is 6.61. The van der Waals surface area contributed by atoms with E-state index in [0.717, 1.165) is 32.4 Å². The topological polar surface area (TPSA) is 46.3 Å². The number of thioether (sulfide) groups is 1. The molecule has 4 nitrogen and oxygen atoms in total.